The Balaban J connectivity index is 2.11. The van der Waals surface area contributed by atoms with Crippen molar-refractivity contribution in [3.8, 4) is 0 Å². The van der Waals surface area contributed by atoms with Gasteiger partial charge < -0.3 is 20.3 Å². The predicted octanol–water partition coefficient (Wildman–Crippen LogP) is 0.0617. The van der Waals surface area contributed by atoms with Crippen LogP contribution in [0.15, 0.2) is 12.3 Å². The number of likely N-dealkylation sites (tertiary alicyclic amines) is 1. The lowest BCUT2D eigenvalue weighted by molar-refractivity contribution is 0.0772. The Bertz CT molecular complexity index is 400. The van der Waals surface area contributed by atoms with Crippen LogP contribution in [0, 0.1) is 5.92 Å². The lowest BCUT2D eigenvalue weighted by Gasteiger charge is -2.16. The Morgan fingerprint density at radius 1 is 1.69 bits per heavy atom. The highest BCUT2D eigenvalue weighted by Gasteiger charge is 2.27. The number of carbonyl (C=O) groups excluding carboxylic acids is 1. The van der Waals surface area contributed by atoms with Gasteiger partial charge in [-0.3, -0.25) is 4.79 Å². The molecule has 0 saturated carbocycles. The number of nitrogen functional groups attached to an aromatic ring is 1. The maximum Gasteiger partial charge on any atom is 0.270 e. The van der Waals surface area contributed by atoms with Crippen LogP contribution < -0.4 is 5.73 Å². The molecule has 3 N–H and O–H groups in total. The molecule has 1 fully saturated rings. The molecule has 16 heavy (non-hydrogen) atoms. The van der Waals surface area contributed by atoms with E-state index < -0.39 is 0 Å². The van der Waals surface area contributed by atoms with Crippen molar-refractivity contribution in [3.05, 3.63) is 18.0 Å². The molecule has 5 nitrogen and oxygen atoms in total. The van der Waals surface area contributed by atoms with Crippen molar-refractivity contribution in [2.75, 3.05) is 25.4 Å². The van der Waals surface area contributed by atoms with Crippen LogP contribution >= 0.6 is 0 Å². The highest BCUT2D eigenvalue weighted by atomic mass is 16.3. The molecule has 88 valence electrons. The number of aromatic nitrogens is 1. The van der Waals surface area contributed by atoms with Crippen molar-refractivity contribution >= 4 is 11.6 Å². The molecule has 0 aromatic carbocycles. The third-order valence-corrected chi connectivity index (χ3v) is 3.08. The minimum atomic E-state index is -0.00449. The smallest absolute Gasteiger partial charge is 0.270 e. The topological polar surface area (TPSA) is 71.5 Å². The second kappa shape index (κ2) is 4.17. The van der Waals surface area contributed by atoms with Crippen molar-refractivity contribution in [2.24, 2.45) is 13.0 Å². The molecule has 2 heterocycles. The second-order valence-corrected chi connectivity index (χ2v) is 4.36. The lowest BCUT2D eigenvalue weighted by Crippen LogP contribution is -2.30. The number of rotatable bonds is 2. The first-order valence-corrected chi connectivity index (χ1v) is 5.43. The fraction of sp³-hybridized carbons (Fsp3) is 0.545. The number of aliphatic hydroxyl groups is 1. The molecule has 0 aliphatic carbocycles. The van der Waals surface area contributed by atoms with Crippen LogP contribution in [-0.4, -0.2) is 40.2 Å². The Hall–Kier alpha value is -1.49. The van der Waals surface area contributed by atoms with Gasteiger partial charge in [-0.25, -0.2) is 0 Å². The summed E-state index contributed by atoms with van der Waals surface area (Å²) in [6.45, 7) is 1.51. The van der Waals surface area contributed by atoms with Gasteiger partial charge in [0.1, 0.15) is 5.69 Å². The molecule has 0 bridgehead atoms. The zero-order valence-electron chi connectivity index (χ0n) is 9.39. The number of carbonyl (C=O) groups is 1. The number of amides is 1. The molecule has 1 aliphatic heterocycles. The zero-order chi connectivity index (χ0) is 11.7. The molecular weight excluding hydrogens is 206 g/mol. The van der Waals surface area contributed by atoms with Crippen molar-refractivity contribution in [3.63, 3.8) is 0 Å². The molecule has 1 unspecified atom stereocenters. The van der Waals surface area contributed by atoms with Gasteiger partial charge in [-0.05, 0) is 12.5 Å². The summed E-state index contributed by atoms with van der Waals surface area (Å²) < 4.78 is 1.74. The normalized spacial score (nSPS) is 20.4. The first-order chi connectivity index (χ1) is 7.61. The number of nitrogens with two attached hydrogens (primary N) is 1. The number of aliphatic hydroxyl groups excluding tert-OH is 1. The van der Waals surface area contributed by atoms with Gasteiger partial charge in [0.25, 0.3) is 5.91 Å². The molecule has 1 amide bonds. The van der Waals surface area contributed by atoms with Crippen LogP contribution in [0.5, 0.6) is 0 Å². The van der Waals surface area contributed by atoms with Gasteiger partial charge in [0.05, 0.1) is 5.69 Å². The highest BCUT2D eigenvalue weighted by molar-refractivity contribution is 5.94. The van der Waals surface area contributed by atoms with E-state index in [4.69, 9.17) is 10.8 Å². The highest BCUT2D eigenvalue weighted by Crippen LogP contribution is 2.19. The fourth-order valence-electron chi connectivity index (χ4n) is 2.13. The van der Waals surface area contributed by atoms with Crippen molar-refractivity contribution in [2.45, 2.75) is 6.42 Å². The average Bonchev–Trinajstić information content (AvgIpc) is 2.84. The van der Waals surface area contributed by atoms with Gasteiger partial charge in [0, 0.05) is 38.9 Å². The van der Waals surface area contributed by atoms with Crippen molar-refractivity contribution in [1.82, 2.24) is 9.47 Å². The van der Waals surface area contributed by atoms with Crippen molar-refractivity contribution in [1.29, 1.82) is 0 Å². The fourth-order valence-corrected chi connectivity index (χ4v) is 2.13. The number of nitrogens with zero attached hydrogens (tertiary/aromatic N) is 2. The van der Waals surface area contributed by atoms with Crippen molar-refractivity contribution < 1.29 is 9.90 Å². The molecule has 1 atom stereocenters. The number of anilines is 1. The summed E-state index contributed by atoms with van der Waals surface area (Å²) >= 11 is 0. The summed E-state index contributed by atoms with van der Waals surface area (Å²) in [5.74, 6) is 0.219. The van der Waals surface area contributed by atoms with E-state index in [0.717, 1.165) is 13.0 Å². The van der Waals surface area contributed by atoms with Gasteiger partial charge in [-0.15, -0.1) is 0 Å². The summed E-state index contributed by atoms with van der Waals surface area (Å²) in [6, 6.07) is 1.69. The van der Waals surface area contributed by atoms with Crippen LogP contribution in [0.25, 0.3) is 0 Å². The molecule has 5 heteroatoms. The number of hydrogen-bond acceptors (Lipinski definition) is 3. The molecule has 2 rings (SSSR count). The van der Waals surface area contributed by atoms with E-state index in [-0.39, 0.29) is 18.4 Å². The van der Waals surface area contributed by atoms with Gasteiger partial charge in [-0.2, -0.15) is 0 Å². The second-order valence-electron chi connectivity index (χ2n) is 4.36. The minimum Gasteiger partial charge on any atom is -0.397 e. The number of aryl methyl sites for hydroxylation is 1. The molecular formula is C11H17N3O2. The Morgan fingerprint density at radius 2 is 2.44 bits per heavy atom. The zero-order valence-corrected chi connectivity index (χ0v) is 9.39. The van der Waals surface area contributed by atoms with Crippen LogP contribution in [0.1, 0.15) is 16.9 Å². The monoisotopic (exact) mass is 223 g/mol. The third-order valence-electron chi connectivity index (χ3n) is 3.08. The first kappa shape index (κ1) is 11.0. The van der Waals surface area contributed by atoms with E-state index in [1.165, 1.54) is 0 Å². The molecule has 1 aromatic rings. The minimum absolute atomic E-state index is 0.00449. The van der Waals surface area contributed by atoms with Gasteiger partial charge >= 0.3 is 0 Å². The summed E-state index contributed by atoms with van der Waals surface area (Å²) in [6.07, 6.45) is 2.61. The van der Waals surface area contributed by atoms with E-state index >= 15 is 0 Å². The summed E-state index contributed by atoms with van der Waals surface area (Å²) in [4.78, 5) is 13.9. The Labute approximate surface area is 94.5 Å². The molecule has 1 aromatic heterocycles. The van der Waals surface area contributed by atoms with Crippen LogP contribution in [0.2, 0.25) is 0 Å². The van der Waals surface area contributed by atoms with E-state index in [1.807, 2.05) is 7.05 Å². The van der Waals surface area contributed by atoms with E-state index in [1.54, 1.807) is 21.7 Å². The SMILES string of the molecule is Cn1cc(N)cc1C(=O)N1CCC(CO)C1. The summed E-state index contributed by atoms with van der Waals surface area (Å²) in [5.41, 5.74) is 6.85. The predicted molar refractivity (Wildman–Crippen MR) is 60.9 cm³/mol. The maximum atomic E-state index is 12.1. The molecule has 0 spiro atoms. The molecule has 0 radical (unpaired) electrons. The van der Waals surface area contributed by atoms with Gasteiger partial charge in [0.2, 0.25) is 0 Å². The van der Waals surface area contributed by atoms with Crippen LogP contribution in [-0.2, 0) is 7.05 Å². The standard InChI is InChI=1S/C11H17N3O2/c1-13-6-9(12)4-10(13)11(16)14-3-2-8(5-14)7-15/h4,6,8,15H,2-3,5,7,12H2,1H3. The maximum absolute atomic E-state index is 12.1. The van der Waals surface area contributed by atoms with Crippen LogP contribution in [0.3, 0.4) is 0 Å². The Morgan fingerprint density at radius 3 is 2.94 bits per heavy atom. The van der Waals surface area contributed by atoms with E-state index in [9.17, 15) is 4.79 Å². The van der Waals surface area contributed by atoms with E-state index in [2.05, 4.69) is 0 Å². The third kappa shape index (κ3) is 1.90. The van der Waals surface area contributed by atoms with Crippen LogP contribution in [0.4, 0.5) is 5.69 Å². The lowest BCUT2D eigenvalue weighted by atomic mass is 10.1. The van der Waals surface area contributed by atoms with Gasteiger partial charge in [-0.1, -0.05) is 0 Å². The largest absolute Gasteiger partial charge is 0.397 e. The summed E-state index contributed by atoms with van der Waals surface area (Å²) in [5, 5.41) is 9.03. The molecule has 1 saturated heterocycles. The summed E-state index contributed by atoms with van der Waals surface area (Å²) in [7, 11) is 1.81. The quantitative estimate of drug-likeness (QED) is 0.745. The van der Waals surface area contributed by atoms with Gasteiger partial charge in [0.15, 0.2) is 0 Å². The molecule has 1 aliphatic rings. The van der Waals surface area contributed by atoms with E-state index in [0.29, 0.717) is 17.9 Å². The number of hydrogen-bond donors (Lipinski definition) is 2. The first-order valence-electron chi connectivity index (χ1n) is 5.43. The Kier molecular flexibility index (Phi) is 2.87. The average molecular weight is 223 g/mol.